The van der Waals surface area contributed by atoms with E-state index >= 15 is 0 Å². The highest BCUT2D eigenvalue weighted by atomic mass is 16.5. The van der Waals surface area contributed by atoms with Gasteiger partial charge in [-0.2, -0.15) is 4.98 Å². The number of hydrogen-bond acceptors (Lipinski definition) is 5. The van der Waals surface area contributed by atoms with Crippen LogP contribution in [0.2, 0.25) is 0 Å². The maximum absolute atomic E-state index is 5.49. The Morgan fingerprint density at radius 3 is 2.90 bits per heavy atom. The fourth-order valence-corrected chi connectivity index (χ4v) is 3.11. The van der Waals surface area contributed by atoms with Gasteiger partial charge in [-0.25, -0.2) is 4.98 Å². The molecule has 0 aliphatic heterocycles. The zero-order valence-corrected chi connectivity index (χ0v) is 11.3. The Morgan fingerprint density at radius 2 is 2.10 bits per heavy atom. The molecule has 1 aromatic carbocycles. The minimum atomic E-state index is 0.378. The molecule has 102 valence electrons. The van der Waals surface area contributed by atoms with Gasteiger partial charge in [0.2, 0.25) is 0 Å². The van der Waals surface area contributed by atoms with Crippen molar-refractivity contribution >= 4 is 21.9 Å². The number of aromatic nitrogens is 3. The quantitative estimate of drug-likeness (QED) is 0.713. The van der Waals surface area contributed by atoms with Gasteiger partial charge in [0.05, 0.1) is 23.7 Å². The lowest BCUT2D eigenvalue weighted by atomic mass is 9.99. The minimum absolute atomic E-state index is 0.378. The topological polar surface area (TPSA) is 61.0 Å². The highest BCUT2D eigenvalue weighted by molar-refractivity contribution is 6.04. The molecular weight excluding hydrogens is 254 g/mol. The summed E-state index contributed by atoms with van der Waals surface area (Å²) in [7, 11) is 1.58. The zero-order chi connectivity index (χ0) is 13.5. The van der Waals surface area contributed by atoms with Gasteiger partial charge >= 0.3 is 6.01 Å². The van der Waals surface area contributed by atoms with Crippen molar-refractivity contribution in [3.8, 4) is 6.01 Å². The van der Waals surface area contributed by atoms with E-state index in [9.17, 15) is 0 Å². The van der Waals surface area contributed by atoms with Crippen LogP contribution in [0.4, 0.5) is 0 Å². The van der Waals surface area contributed by atoms with Crippen molar-refractivity contribution in [3.63, 3.8) is 0 Å². The molecule has 2 aromatic heterocycles. The number of rotatable bonds is 2. The Hall–Kier alpha value is -2.17. The van der Waals surface area contributed by atoms with Gasteiger partial charge in [0.1, 0.15) is 0 Å². The van der Waals surface area contributed by atoms with Crippen LogP contribution >= 0.6 is 0 Å². The molecule has 0 unspecified atom stereocenters. The summed E-state index contributed by atoms with van der Waals surface area (Å²) < 4.78 is 10.6. The van der Waals surface area contributed by atoms with E-state index in [1.54, 1.807) is 13.3 Å². The molecule has 0 bridgehead atoms. The third-order valence-corrected chi connectivity index (χ3v) is 4.12. The predicted molar refractivity (Wildman–Crippen MR) is 74.9 cm³/mol. The second kappa shape index (κ2) is 4.44. The first-order chi connectivity index (χ1) is 9.86. The molecule has 0 spiro atoms. The van der Waals surface area contributed by atoms with Gasteiger partial charge in [0, 0.05) is 17.5 Å². The van der Waals surface area contributed by atoms with Crippen molar-refractivity contribution in [2.24, 2.45) is 0 Å². The highest BCUT2D eigenvalue weighted by Gasteiger charge is 2.24. The van der Waals surface area contributed by atoms with Crippen LogP contribution in [0, 0.1) is 0 Å². The van der Waals surface area contributed by atoms with E-state index in [4.69, 9.17) is 9.26 Å². The van der Waals surface area contributed by atoms with Crippen LogP contribution in [0.5, 0.6) is 6.01 Å². The van der Waals surface area contributed by atoms with Crippen LogP contribution in [-0.2, 0) is 0 Å². The second-order valence-electron chi connectivity index (χ2n) is 5.28. The maximum atomic E-state index is 5.49. The molecule has 0 N–H and O–H groups in total. The average Bonchev–Trinajstić information content (AvgIpc) is 3.15. The van der Waals surface area contributed by atoms with Crippen LogP contribution in [0.3, 0.4) is 0 Å². The smallest absolute Gasteiger partial charge is 0.316 e. The molecule has 5 heteroatoms. The van der Waals surface area contributed by atoms with Crippen molar-refractivity contribution in [3.05, 3.63) is 24.0 Å². The van der Waals surface area contributed by atoms with Crippen molar-refractivity contribution in [2.75, 3.05) is 7.11 Å². The van der Waals surface area contributed by atoms with Crippen molar-refractivity contribution in [2.45, 2.75) is 31.6 Å². The van der Waals surface area contributed by atoms with E-state index in [1.165, 1.54) is 25.7 Å². The molecule has 0 amide bonds. The summed E-state index contributed by atoms with van der Waals surface area (Å²) in [6.45, 7) is 0. The van der Waals surface area contributed by atoms with E-state index in [0.29, 0.717) is 11.9 Å². The summed E-state index contributed by atoms with van der Waals surface area (Å²) in [5.74, 6) is 0.489. The third kappa shape index (κ3) is 1.66. The standard InChI is InChI=1S/C15H15N3O2/c1-19-15-16-8-10-6-7-11-12(13(10)17-15)14(18-20-11)9-4-2-3-5-9/h6-9H,2-5H2,1H3. The summed E-state index contributed by atoms with van der Waals surface area (Å²) in [4.78, 5) is 8.65. The van der Waals surface area contributed by atoms with Crippen molar-refractivity contribution in [1.82, 2.24) is 15.1 Å². The van der Waals surface area contributed by atoms with E-state index in [1.807, 2.05) is 12.1 Å². The molecule has 0 saturated heterocycles. The Balaban J connectivity index is 2.02. The number of benzene rings is 1. The number of methoxy groups -OCH3 is 1. The minimum Gasteiger partial charge on any atom is -0.467 e. The molecule has 20 heavy (non-hydrogen) atoms. The largest absolute Gasteiger partial charge is 0.467 e. The Kier molecular flexibility index (Phi) is 2.58. The fraction of sp³-hybridized carbons (Fsp3) is 0.400. The highest BCUT2D eigenvalue weighted by Crippen LogP contribution is 2.39. The molecule has 2 heterocycles. The summed E-state index contributed by atoms with van der Waals surface area (Å²) in [5.41, 5.74) is 2.71. The van der Waals surface area contributed by atoms with Crippen LogP contribution < -0.4 is 4.74 Å². The average molecular weight is 269 g/mol. The molecular formula is C15H15N3O2. The lowest BCUT2D eigenvalue weighted by molar-refractivity contribution is 0.382. The third-order valence-electron chi connectivity index (χ3n) is 4.12. The number of nitrogens with zero attached hydrogens (tertiary/aromatic N) is 3. The van der Waals surface area contributed by atoms with Crippen LogP contribution in [-0.4, -0.2) is 22.2 Å². The first kappa shape index (κ1) is 11.6. The Labute approximate surface area is 115 Å². The van der Waals surface area contributed by atoms with E-state index in [0.717, 1.165) is 27.6 Å². The summed E-state index contributed by atoms with van der Waals surface area (Å²) in [6, 6.07) is 4.28. The van der Waals surface area contributed by atoms with Crippen molar-refractivity contribution in [1.29, 1.82) is 0 Å². The lowest BCUT2D eigenvalue weighted by Crippen LogP contribution is -1.96. The SMILES string of the molecule is COc1ncc2ccc3onc(C4CCCC4)c3c2n1. The van der Waals surface area contributed by atoms with Crippen molar-refractivity contribution < 1.29 is 9.26 Å². The summed E-state index contributed by atoms with van der Waals surface area (Å²) in [5, 5.41) is 6.32. The fourth-order valence-electron chi connectivity index (χ4n) is 3.11. The van der Waals surface area contributed by atoms with Gasteiger partial charge < -0.3 is 9.26 Å². The lowest BCUT2D eigenvalue weighted by Gasteiger charge is -2.06. The number of ether oxygens (including phenoxy) is 1. The molecule has 0 radical (unpaired) electrons. The maximum Gasteiger partial charge on any atom is 0.316 e. The Bertz CT molecular complexity index is 775. The van der Waals surface area contributed by atoms with Gasteiger partial charge in [-0.1, -0.05) is 18.0 Å². The molecule has 1 saturated carbocycles. The van der Waals surface area contributed by atoms with Gasteiger partial charge in [-0.15, -0.1) is 0 Å². The molecule has 1 aliphatic rings. The molecule has 3 aromatic rings. The summed E-state index contributed by atoms with van der Waals surface area (Å²) in [6.07, 6.45) is 6.68. The predicted octanol–water partition coefficient (Wildman–Crippen LogP) is 3.44. The zero-order valence-electron chi connectivity index (χ0n) is 11.3. The normalized spacial score (nSPS) is 16.2. The van der Waals surface area contributed by atoms with Gasteiger partial charge in [0.15, 0.2) is 5.58 Å². The van der Waals surface area contributed by atoms with E-state index in [-0.39, 0.29) is 0 Å². The summed E-state index contributed by atoms with van der Waals surface area (Å²) >= 11 is 0. The van der Waals surface area contributed by atoms with Crippen LogP contribution in [0.15, 0.2) is 22.9 Å². The van der Waals surface area contributed by atoms with Crippen LogP contribution in [0.25, 0.3) is 21.9 Å². The monoisotopic (exact) mass is 269 g/mol. The molecule has 0 atom stereocenters. The number of hydrogen-bond donors (Lipinski definition) is 0. The van der Waals surface area contributed by atoms with Gasteiger partial charge in [-0.3, -0.25) is 0 Å². The van der Waals surface area contributed by atoms with Gasteiger partial charge in [0.25, 0.3) is 0 Å². The molecule has 5 nitrogen and oxygen atoms in total. The second-order valence-corrected chi connectivity index (χ2v) is 5.28. The molecule has 1 aliphatic carbocycles. The first-order valence-corrected chi connectivity index (χ1v) is 6.96. The molecule has 4 rings (SSSR count). The number of fused-ring (bicyclic) bond motifs is 3. The Morgan fingerprint density at radius 1 is 1.25 bits per heavy atom. The molecule has 1 fully saturated rings. The van der Waals surface area contributed by atoms with E-state index < -0.39 is 0 Å². The van der Waals surface area contributed by atoms with Crippen LogP contribution in [0.1, 0.15) is 37.3 Å². The van der Waals surface area contributed by atoms with E-state index in [2.05, 4.69) is 15.1 Å². The first-order valence-electron chi connectivity index (χ1n) is 6.96. The van der Waals surface area contributed by atoms with Gasteiger partial charge in [-0.05, 0) is 25.0 Å².